The van der Waals surface area contributed by atoms with E-state index in [0.29, 0.717) is 11.3 Å². The van der Waals surface area contributed by atoms with Crippen LogP contribution in [0.4, 0.5) is 9.18 Å². The largest absolute Gasteiger partial charge is 0.449 e. The number of carbonyl (C=O) groups is 1. The number of nitrogens with zero attached hydrogens (tertiary/aromatic N) is 1. The predicted octanol–water partition coefficient (Wildman–Crippen LogP) is 4.42. The average molecular weight is 386 g/mol. The van der Waals surface area contributed by atoms with E-state index in [1.165, 1.54) is 28.3 Å². The number of rotatable bonds is 3. The third-order valence-electron chi connectivity index (χ3n) is 4.94. The van der Waals surface area contributed by atoms with E-state index in [0.717, 1.165) is 0 Å². The number of aromatic nitrogens is 1. The summed E-state index contributed by atoms with van der Waals surface area (Å²) in [4.78, 5) is 15.8. The van der Waals surface area contributed by atoms with Gasteiger partial charge in [-0.1, -0.05) is 60.4 Å². The molecule has 3 aromatic rings. The lowest BCUT2D eigenvalue weighted by Gasteiger charge is -2.14. The number of hydrogen-bond donors (Lipinski definition) is 1. The second kappa shape index (κ2) is 8.15. The van der Waals surface area contributed by atoms with Crippen LogP contribution in [0.5, 0.6) is 0 Å². The number of amides is 1. The van der Waals surface area contributed by atoms with Crippen molar-refractivity contribution in [3.05, 3.63) is 89.0 Å². The monoisotopic (exact) mass is 386 g/mol. The van der Waals surface area contributed by atoms with E-state index in [9.17, 15) is 9.18 Å². The van der Waals surface area contributed by atoms with Crippen LogP contribution in [0.3, 0.4) is 0 Å². The molecular formula is C24H19FN2O2. The highest BCUT2D eigenvalue weighted by molar-refractivity contribution is 5.79. The molecule has 29 heavy (non-hydrogen) atoms. The molecule has 0 spiro atoms. The van der Waals surface area contributed by atoms with Crippen molar-refractivity contribution in [3.63, 3.8) is 0 Å². The summed E-state index contributed by atoms with van der Waals surface area (Å²) in [7, 11) is 0. The van der Waals surface area contributed by atoms with Crippen LogP contribution in [-0.4, -0.2) is 24.2 Å². The summed E-state index contributed by atoms with van der Waals surface area (Å²) in [6.07, 6.45) is -0.518. The Bertz CT molecular complexity index is 1090. The van der Waals surface area contributed by atoms with Gasteiger partial charge in [-0.05, 0) is 41.3 Å². The molecule has 1 aliphatic rings. The number of halogens is 1. The van der Waals surface area contributed by atoms with Crippen LogP contribution in [0.25, 0.3) is 11.1 Å². The highest BCUT2D eigenvalue weighted by Crippen LogP contribution is 2.44. The van der Waals surface area contributed by atoms with Crippen LogP contribution in [0.1, 0.15) is 28.3 Å². The fourth-order valence-electron chi connectivity index (χ4n) is 3.57. The van der Waals surface area contributed by atoms with E-state index in [1.807, 2.05) is 24.3 Å². The molecule has 1 aromatic heterocycles. The van der Waals surface area contributed by atoms with Crippen molar-refractivity contribution in [2.24, 2.45) is 0 Å². The van der Waals surface area contributed by atoms with Gasteiger partial charge in [-0.15, -0.1) is 0 Å². The Hall–Kier alpha value is -3.65. The van der Waals surface area contributed by atoms with Crippen molar-refractivity contribution >= 4 is 6.09 Å². The van der Waals surface area contributed by atoms with Crippen LogP contribution in [0.2, 0.25) is 0 Å². The van der Waals surface area contributed by atoms with Gasteiger partial charge in [0.25, 0.3) is 0 Å². The van der Waals surface area contributed by atoms with Crippen molar-refractivity contribution in [1.29, 1.82) is 0 Å². The Morgan fingerprint density at radius 2 is 1.72 bits per heavy atom. The van der Waals surface area contributed by atoms with E-state index >= 15 is 0 Å². The summed E-state index contributed by atoms with van der Waals surface area (Å²) >= 11 is 0. The molecule has 0 unspecified atom stereocenters. The van der Waals surface area contributed by atoms with Gasteiger partial charge in [0.1, 0.15) is 6.61 Å². The molecule has 0 saturated carbocycles. The molecule has 4 nitrogen and oxygen atoms in total. The lowest BCUT2D eigenvalue weighted by atomic mass is 9.98. The average Bonchev–Trinajstić information content (AvgIpc) is 3.05. The zero-order valence-corrected chi connectivity index (χ0v) is 15.9. The first-order chi connectivity index (χ1) is 14.1. The van der Waals surface area contributed by atoms with Crippen molar-refractivity contribution in [1.82, 2.24) is 10.3 Å². The summed E-state index contributed by atoms with van der Waals surface area (Å²) in [5.74, 6) is 5.18. The molecular weight excluding hydrogens is 367 g/mol. The first-order valence-electron chi connectivity index (χ1n) is 9.34. The van der Waals surface area contributed by atoms with E-state index < -0.39 is 12.0 Å². The molecule has 5 heteroatoms. The molecule has 2 aromatic carbocycles. The Morgan fingerprint density at radius 3 is 2.38 bits per heavy atom. The van der Waals surface area contributed by atoms with Gasteiger partial charge in [0, 0.05) is 11.5 Å². The van der Waals surface area contributed by atoms with Crippen LogP contribution >= 0.6 is 0 Å². The van der Waals surface area contributed by atoms with E-state index in [2.05, 4.69) is 46.4 Å². The number of carbonyl (C=O) groups excluding carboxylic acids is 1. The van der Waals surface area contributed by atoms with Crippen molar-refractivity contribution in [3.8, 4) is 23.0 Å². The van der Waals surface area contributed by atoms with Gasteiger partial charge >= 0.3 is 6.09 Å². The number of benzene rings is 2. The maximum absolute atomic E-state index is 13.0. The first kappa shape index (κ1) is 18.7. The highest BCUT2D eigenvalue weighted by Gasteiger charge is 2.28. The quantitative estimate of drug-likeness (QED) is 0.536. The maximum Gasteiger partial charge on any atom is 0.407 e. The Balaban J connectivity index is 1.35. The SMILES string of the molecule is Cc1nc(F)ccc1C#CCNC(=O)OCC1c2ccccc2-c2ccccc21. The second-order valence-corrected chi connectivity index (χ2v) is 6.75. The minimum absolute atomic E-state index is 0.0205. The molecule has 0 aliphatic heterocycles. The van der Waals surface area contributed by atoms with Crippen LogP contribution in [-0.2, 0) is 4.74 Å². The first-order valence-corrected chi connectivity index (χ1v) is 9.34. The molecule has 4 rings (SSSR count). The predicted molar refractivity (Wildman–Crippen MR) is 109 cm³/mol. The topological polar surface area (TPSA) is 51.2 Å². The zero-order valence-electron chi connectivity index (χ0n) is 15.9. The molecule has 1 heterocycles. The number of nitrogens with one attached hydrogen (secondary N) is 1. The van der Waals surface area contributed by atoms with E-state index in [-0.39, 0.29) is 19.1 Å². The molecule has 0 fully saturated rings. The third-order valence-corrected chi connectivity index (χ3v) is 4.94. The fraction of sp³-hybridized carbons (Fsp3) is 0.167. The number of pyridine rings is 1. The molecule has 1 amide bonds. The molecule has 0 bridgehead atoms. The van der Waals surface area contributed by atoms with Crippen molar-refractivity contribution in [2.45, 2.75) is 12.8 Å². The number of ether oxygens (including phenoxy) is 1. The minimum Gasteiger partial charge on any atom is -0.449 e. The van der Waals surface area contributed by atoms with Gasteiger partial charge in [0.2, 0.25) is 5.95 Å². The lowest BCUT2D eigenvalue weighted by molar-refractivity contribution is 0.144. The Labute approximate surface area is 168 Å². The molecule has 1 aliphatic carbocycles. The molecule has 144 valence electrons. The maximum atomic E-state index is 13.0. The van der Waals surface area contributed by atoms with Crippen LogP contribution in [0, 0.1) is 24.7 Å². The highest BCUT2D eigenvalue weighted by atomic mass is 19.1. The van der Waals surface area contributed by atoms with Gasteiger partial charge in [-0.2, -0.15) is 4.39 Å². The standard InChI is InChI=1S/C24H19FN2O2/c1-16-17(12-13-23(25)27-16)7-6-14-26-24(28)29-15-22-20-10-4-2-8-18(20)19-9-3-5-11-21(19)22/h2-5,8-13,22H,14-15H2,1H3,(H,26,28). The van der Waals surface area contributed by atoms with E-state index in [4.69, 9.17) is 4.74 Å². The van der Waals surface area contributed by atoms with Gasteiger partial charge < -0.3 is 10.1 Å². The number of aryl methyl sites for hydroxylation is 1. The normalized spacial score (nSPS) is 11.8. The van der Waals surface area contributed by atoms with Crippen molar-refractivity contribution in [2.75, 3.05) is 13.2 Å². The van der Waals surface area contributed by atoms with Gasteiger partial charge in [-0.25, -0.2) is 9.78 Å². The molecule has 0 radical (unpaired) electrons. The Kier molecular flexibility index (Phi) is 5.26. The van der Waals surface area contributed by atoms with Crippen LogP contribution in [0.15, 0.2) is 60.7 Å². The zero-order chi connectivity index (χ0) is 20.2. The van der Waals surface area contributed by atoms with Crippen LogP contribution < -0.4 is 5.32 Å². The van der Waals surface area contributed by atoms with Crippen molar-refractivity contribution < 1.29 is 13.9 Å². The number of fused-ring (bicyclic) bond motifs is 3. The van der Waals surface area contributed by atoms with Gasteiger partial charge in [0.15, 0.2) is 0 Å². The van der Waals surface area contributed by atoms with Gasteiger partial charge in [-0.3, -0.25) is 0 Å². The Morgan fingerprint density at radius 1 is 1.07 bits per heavy atom. The summed E-state index contributed by atoms with van der Waals surface area (Å²) in [5.41, 5.74) is 5.85. The summed E-state index contributed by atoms with van der Waals surface area (Å²) in [6, 6.07) is 19.2. The fourth-order valence-corrected chi connectivity index (χ4v) is 3.57. The van der Waals surface area contributed by atoms with Gasteiger partial charge in [0.05, 0.1) is 12.2 Å². The number of hydrogen-bond acceptors (Lipinski definition) is 3. The second-order valence-electron chi connectivity index (χ2n) is 6.75. The lowest BCUT2D eigenvalue weighted by Crippen LogP contribution is -2.26. The molecule has 1 N–H and O–H groups in total. The number of alkyl carbamates (subject to hydrolysis) is 1. The summed E-state index contributed by atoms with van der Waals surface area (Å²) < 4.78 is 18.5. The third kappa shape index (κ3) is 3.97. The minimum atomic E-state index is -0.537. The molecule has 0 atom stereocenters. The summed E-state index contributed by atoms with van der Waals surface area (Å²) in [5, 5.41) is 2.63. The molecule has 0 saturated heterocycles. The summed E-state index contributed by atoms with van der Waals surface area (Å²) in [6.45, 7) is 2.08. The smallest absolute Gasteiger partial charge is 0.407 e. The van der Waals surface area contributed by atoms with E-state index in [1.54, 1.807) is 13.0 Å².